The zero-order valence-corrected chi connectivity index (χ0v) is 14.2. The van der Waals surface area contributed by atoms with Crippen LogP contribution < -0.4 is 5.32 Å². The van der Waals surface area contributed by atoms with E-state index in [2.05, 4.69) is 45.6 Å². The van der Waals surface area contributed by atoms with Crippen molar-refractivity contribution in [1.82, 2.24) is 15.0 Å². The molecule has 0 saturated carbocycles. The second-order valence-electron chi connectivity index (χ2n) is 5.93. The Hall–Kier alpha value is -3.53. The Labute approximate surface area is 152 Å². The number of benzene rings is 1. The Bertz CT molecular complexity index is 917. The zero-order valence-electron chi connectivity index (χ0n) is 14.2. The Kier molecular flexibility index (Phi) is 4.65. The van der Waals surface area contributed by atoms with Gasteiger partial charge in [0.1, 0.15) is 0 Å². The molecular formula is C22H18N4. The Morgan fingerprint density at radius 2 is 1.38 bits per heavy atom. The van der Waals surface area contributed by atoms with Crippen LogP contribution in [0.5, 0.6) is 0 Å². The number of anilines is 2. The molecule has 0 aliphatic heterocycles. The third-order valence-corrected chi connectivity index (χ3v) is 4.20. The van der Waals surface area contributed by atoms with Gasteiger partial charge in [-0.2, -0.15) is 0 Å². The fourth-order valence-electron chi connectivity index (χ4n) is 3.05. The van der Waals surface area contributed by atoms with Gasteiger partial charge in [-0.15, -0.1) is 0 Å². The predicted octanol–water partition coefficient (Wildman–Crippen LogP) is 4.80. The first-order chi connectivity index (χ1) is 12.9. The maximum absolute atomic E-state index is 4.72. The van der Waals surface area contributed by atoms with Crippen molar-refractivity contribution in [2.75, 3.05) is 5.32 Å². The lowest BCUT2D eigenvalue weighted by Crippen LogP contribution is -2.09. The van der Waals surface area contributed by atoms with E-state index >= 15 is 0 Å². The van der Waals surface area contributed by atoms with E-state index in [0.717, 1.165) is 22.6 Å². The molecule has 26 heavy (non-hydrogen) atoms. The summed E-state index contributed by atoms with van der Waals surface area (Å²) in [7, 11) is 0. The highest BCUT2D eigenvalue weighted by molar-refractivity contribution is 5.63. The van der Waals surface area contributed by atoms with Crippen molar-refractivity contribution < 1.29 is 0 Å². The summed E-state index contributed by atoms with van der Waals surface area (Å²) in [6.07, 6.45) is 9.09. The minimum Gasteiger partial charge on any atom is -0.353 e. The molecule has 1 unspecified atom stereocenters. The molecule has 0 spiro atoms. The summed E-state index contributed by atoms with van der Waals surface area (Å²) >= 11 is 0. The maximum Gasteiger partial charge on any atom is 0.0757 e. The van der Waals surface area contributed by atoms with E-state index in [9.17, 15) is 0 Å². The van der Waals surface area contributed by atoms with E-state index in [1.165, 1.54) is 5.56 Å². The van der Waals surface area contributed by atoms with Crippen molar-refractivity contribution in [3.05, 3.63) is 115 Å². The zero-order chi connectivity index (χ0) is 17.6. The standard InChI is InChI=1S/C22H18N4/c1-2-7-17(8-3-1)21(18-9-4-12-23-15-18)22-20(11-6-14-25-22)26-19-10-5-13-24-16-19/h1-16,21,26H. The van der Waals surface area contributed by atoms with E-state index in [4.69, 9.17) is 4.98 Å². The molecule has 126 valence electrons. The van der Waals surface area contributed by atoms with Gasteiger partial charge in [-0.3, -0.25) is 15.0 Å². The smallest absolute Gasteiger partial charge is 0.0757 e. The van der Waals surface area contributed by atoms with Gasteiger partial charge in [0.15, 0.2) is 0 Å². The van der Waals surface area contributed by atoms with Crippen molar-refractivity contribution in [3.63, 3.8) is 0 Å². The number of nitrogens with one attached hydrogen (secondary N) is 1. The van der Waals surface area contributed by atoms with Gasteiger partial charge in [-0.05, 0) is 41.5 Å². The second-order valence-corrected chi connectivity index (χ2v) is 5.93. The van der Waals surface area contributed by atoms with Crippen LogP contribution in [-0.4, -0.2) is 15.0 Å². The minimum absolute atomic E-state index is 0.00901. The van der Waals surface area contributed by atoms with E-state index in [1.54, 1.807) is 18.6 Å². The Balaban J connectivity index is 1.82. The molecule has 0 fully saturated rings. The van der Waals surface area contributed by atoms with Crippen molar-refractivity contribution >= 4 is 11.4 Å². The molecule has 0 bridgehead atoms. The molecule has 4 heteroatoms. The molecule has 1 aromatic carbocycles. The van der Waals surface area contributed by atoms with Gasteiger partial charge in [-0.25, -0.2) is 0 Å². The lowest BCUT2D eigenvalue weighted by molar-refractivity contribution is 0.912. The minimum atomic E-state index is -0.00901. The lowest BCUT2D eigenvalue weighted by Gasteiger charge is -2.21. The van der Waals surface area contributed by atoms with Gasteiger partial charge in [0.2, 0.25) is 0 Å². The number of hydrogen-bond acceptors (Lipinski definition) is 4. The van der Waals surface area contributed by atoms with Crippen LogP contribution in [0.1, 0.15) is 22.7 Å². The molecule has 3 heterocycles. The highest BCUT2D eigenvalue weighted by Crippen LogP contribution is 2.35. The van der Waals surface area contributed by atoms with E-state index in [0.29, 0.717) is 0 Å². The molecule has 1 N–H and O–H groups in total. The quantitative estimate of drug-likeness (QED) is 0.568. The van der Waals surface area contributed by atoms with Gasteiger partial charge >= 0.3 is 0 Å². The molecule has 4 aromatic rings. The largest absolute Gasteiger partial charge is 0.353 e. The topological polar surface area (TPSA) is 50.7 Å². The van der Waals surface area contributed by atoms with Gasteiger partial charge < -0.3 is 5.32 Å². The van der Waals surface area contributed by atoms with E-state index in [-0.39, 0.29) is 5.92 Å². The van der Waals surface area contributed by atoms with Crippen LogP contribution in [0.2, 0.25) is 0 Å². The third-order valence-electron chi connectivity index (χ3n) is 4.20. The summed E-state index contributed by atoms with van der Waals surface area (Å²) in [6, 6.07) is 22.3. The van der Waals surface area contributed by atoms with Crippen LogP contribution in [0.25, 0.3) is 0 Å². The molecular weight excluding hydrogens is 320 g/mol. The van der Waals surface area contributed by atoms with Crippen molar-refractivity contribution in [1.29, 1.82) is 0 Å². The summed E-state index contributed by atoms with van der Waals surface area (Å²) in [5.74, 6) is -0.00901. The molecule has 0 aliphatic rings. The number of rotatable bonds is 5. The first kappa shape index (κ1) is 16.0. The van der Waals surface area contributed by atoms with Crippen LogP contribution in [0.3, 0.4) is 0 Å². The number of hydrogen-bond donors (Lipinski definition) is 1. The SMILES string of the molecule is c1ccc(C(c2cccnc2)c2ncccc2Nc2cccnc2)cc1. The average Bonchev–Trinajstić information content (AvgIpc) is 2.72. The van der Waals surface area contributed by atoms with Crippen LogP contribution in [0.15, 0.2) is 97.7 Å². The molecule has 1 atom stereocenters. The Morgan fingerprint density at radius 3 is 2.12 bits per heavy atom. The fourth-order valence-corrected chi connectivity index (χ4v) is 3.05. The predicted molar refractivity (Wildman–Crippen MR) is 103 cm³/mol. The number of aromatic nitrogens is 3. The molecule has 0 aliphatic carbocycles. The van der Waals surface area contributed by atoms with Gasteiger partial charge in [-0.1, -0.05) is 36.4 Å². The molecule has 3 aromatic heterocycles. The summed E-state index contributed by atoms with van der Waals surface area (Å²) < 4.78 is 0. The van der Waals surface area contributed by atoms with Gasteiger partial charge in [0, 0.05) is 24.8 Å². The van der Waals surface area contributed by atoms with Crippen molar-refractivity contribution in [2.45, 2.75) is 5.92 Å². The van der Waals surface area contributed by atoms with Crippen molar-refractivity contribution in [3.8, 4) is 0 Å². The molecule has 4 nitrogen and oxygen atoms in total. The summed E-state index contributed by atoms with van der Waals surface area (Å²) in [6.45, 7) is 0. The van der Waals surface area contributed by atoms with Crippen LogP contribution in [0.4, 0.5) is 11.4 Å². The molecule has 0 amide bonds. The third kappa shape index (κ3) is 3.44. The lowest BCUT2D eigenvalue weighted by atomic mass is 9.88. The molecule has 0 radical (unpaired) electrons. The molecule has 0 saturated heterocycles. The normalized spacial score (nSPS) is 11.7. The van der Waals surface area contributed by atoms with E-state index < -0.39 is 0 Å². The summed E-state index contributed by atoms with van der Waals surface area (Å²) in [4.78, 5) is 13.2. The highest BCUT2D eigenvalue weighted by atomic mass is 14.9. The van der Waals surface area contributed by atoms with E-state index in [1.807, 2.05) is 48.8 Å². The van der Waals surface area contributed by atoms with Crippen LogP contribution in [0, 0.1) is 0 Å². The number of nitrogens with zero attached hydrogens (tertiary/aromatic N) is 3. The van der Waals surface area contributed by atoms with Gasteiger partial charge in [0.25, 0.3) is 0 Å². The average molecular weight is 338 g/mol. The van der Waals surface area contributed by atoms with Crippen LogP contribution >= 0.6 is 0 Å². The summed E-state index contributed by atoms with van der Waals surface area (Å²) in [5, 5.41) is 3.45. The highest BCUT2D eigenvalue weighted by Gasteiger charge is 2.21. The monoisotopic (exact) mass is 338 g/mol. The van der Waals surface area contributed by atoms with Gasteiger partial charge in [0.05, 0.1) is 29.2 Å². The number of pyridine rings is 3. The first-order valence-electron chi connectivity index (χ1n) is 8.48. The van der Waals surface area contributed by atoms with Crippen LogP contribution in [-0.2, 0) is 0 Å². The van der Waals surface area contributed by atoms with Crippen molar-refractivity contribution in [2.24, 2.45) is 0 Å². The summed E-state index contributed by atoms with van der Waals surface area (Å²) in [5.41, 5.74) is 5.12. The fraction of sp³-hybridized carbons (Fsp3) is 0.0455. The second kappa shape index (κ2) is 7.57. The first-order valence-corrected chi connectivity index (χ1v) is 8.48. The molecule has 4 rings (SSSR count). The maximum atomic E-state index is 4.72. The Morgan fingerprint density at radius 1 is 0.654 bits per heavy atom.